The van der Waals surface area contributed by atoms with Crippen molar-refractivity contribution in [3.8, 4) is 5.75 Å². The van der Waals surface area contributed by atoms with E-state index >= 15 is 0 Å². The van der Waals surface area contributed by atoms with Crippen LogP contribution in [-0.2, 0) is 0 Å². The van der Waals surface area contributed by atoms with Crippen LogP contribution in [-0.4, -0.2) is 36.4 Å². The molecule has 0 radical (unpaired) electrons. The molecule has 0 unspecified atom stereocenters. The van der Waals surface area contributed by atoms with Crippen molar-refractivity contribution in [3.05, 3.63) is 29.8 Å². The maximum absolute atomic E-state index is 12.3. The summed E-state index contributed by atoms with van der Waals surface area (Å²) >= 11 is 0. The molecule has 1 aliphatic carbocycles. The van der Waals surface area contributed by atoms with Gasteiger partial charge in [0.05, 0.1) is 13.2 Å². The first kappa shape index (κ1) is 15.0. The van der Waals surface area contributed by atoms with Crippen molar-refractivity contribution in [2.75, 3.05) is 19.7 Å². The summed E-state index contributed by atoms with van der Waals surface area (Å²) in [5.74, 6) is 1.83. The number of nitrogens with zero attached hydrogens (tertiary/aromatic N) is 1. The summed E-state index contributed by atoms with van der Waals surface area (Å²) in [6.45, 7) is 8.50. The van der Waals surface area contributed by atoms with Crippen molar-refractivity contribution in [2.45, 2.75) is 39.7 Å². The molecule has 110 valence electrons. The minimum atomic E-state index is 0.197. The molecule has 1 aliphatic rings. The van der Waals surface area contributed by atoms with E-state index in [-0.39, 0.29) is 5.78 Å². The van der Waals surface area contributed by atoms with Crippen molar-refractivity contribution < 1.29 is 9.53 Å². The van der Waals surface area contributed by atoms with E-state index in [0.717, 1.165) is 23.8 Å². The third kappa shape index (κ3) is 4.34. The quantitative estimate of drug-likeness (QED) is 0.681. The van der Waals surface area contributed by atoms with E-state index in [1.165, 1.54) is 12.8 Å². The molecule has 2 rings (SSSR count). The Morgan fingerprint density at radius 3 is 2.45 bits per heavy atom. The van der Waals surface area contributed by atoms with Crippen LogP contribution in [0.1, 0.15) is 44.0 Å². The Bertz CT molecular complexity index is 435. The topological polar surface area (TPSA) is 29.5 Å². The third-order valence-electron chi connectivity index (χ3n) is 3.75. The Morgan fingerprint density at radius 1 is 1.30 bits per heavy atom. The van der Waals surface area contributed by atoms with Gasteiger partial charge in [0.1, 0.15) is 5.75 Å². The van der Waals surface area contributed by atoms with Crippen molar-refractivity contribution in [2.24, 2.45) is 5.92 Å². The first-order valence-electron chi connectivity index (χ1n) is 7.60. The van der Waals surface area contributed by atoms with Crippen LogP contribution in [0.3, 0.4) is 0 Å². The van der Waals surface area contributed by atoms with E-state index in [9.17, 15) is 4.79 Å². The van der Waals surface area contributed by atoms with Gasteiger partial charge in [0.2, 0.25) is 0 Å². The molecule has 0 aliphatic heterocycles. The lowest BCUT2D eigenvalue weighted by atomic mass is 10.1. The summed E-state index contributed by atoms with van der Waals surface area (Å²) in [6, 6.07) is 7.89. The van der Waals surface area contributed by atoms with Gasteiger partial charge in [0.25, 0.3) is 0 Å². The van der Waals surface area contributed by atoms with Crippen LogP contribution >= 0.6 is 0 Å². The molecule has 20 heavy (non-hydrogen) atoms. The van der Waals surface area contributed by atoms with Crippen LogP contribution in [0, 0.1) is 5.92 Å². The normalized spacial score (nSPS) is 14.8. The number of Topliss-reactive ketones (excluding diaryl/α,β-unsaturated/α-hetero) is 1. The number of ether oxygens (including phenoxy) is 1. The van der Waals surface area contributed by atoms with Gasteiger partial charge in [-0.1, -0.05) is 0 Å². The van der Waals surface area contributed by atoms with E-state index in [0.29, 0.717) is 19.2 Å². The summed E-state index contributed by atoms with van der Waals surface area (Å²) in [5.41, 5.74) is 0.773. The summed E-state index contributed by atoms with van der Waals surface area (Å²) in [4.78, 5) is 14.6. The van der Waals surface area contributed by atoms with Crippen LogP contribution in [0.2, 0.25) is 0 Å². The molecule has 0 amide bonds. The molecule has 1 aromatic carbocycles. The van der Waals surface area contributed by atoms with Gasteiger partial charge in [-0.05, 0) is 63.8 Å². The third-order valence-corrected chi connectivity index (χ3v) is 3.75. The summed E-state index contributed by atoms with van der Waals surface area (Å²) in [6.07, 6.45) is 2.64. The van der Waals surface area contributed by atoms with Gasteiger partial charge in [0.15, 0.2) is 5.78 Å². The highest BCUT2D eigenvalue weighted by Gasteiger charge is 2.26. The predicted octanol–water partition coefficient (Wildman–Crippen LogP) is 3.39. The van der Waals surface area contributed by atoms with Crippen LogP contribution in [0.15, 0.2) is 24.3 Å². The van der Waals surface area contributed by atoms with Crippen LogP contribution < -0.4 is 4.74 Å². The maximum Gasteiger partial charge on any atom is 0.176 e. The molecule has 0 atom stereocenters. The zero-order chi connectivity index (χ0) is 14.5. The van der Waals surface area contributed by atoms with E-state index < -0.39 is 0 Å². The minimum absolute atomic E-state index is 0.197. The number of carbonyl (C=O) groups excluding carboxylic acids is 1. The smallest absolute Gasteiger partial charge is 0.176 e. The number of benzene rings is 1. The number of rotatable bonds is 8. The Hall–Kier alpha value is -1.35. The maximum atomic E-state index is 12.3. The second-order valence-corrected chi connectivity index (χ2v) is 5.85. The summed E-state index contributed by atoms with van der Waals surface area (Å²) in [7, 11) is 0. The molecule has 3 heteroatoms. The van der Waals surface area contributed by atoms with Gasteiger partial charge < -0.3 is 4.74 Å². The Morgan fingerprint density at radius 2 is 1.95 bits per heavy atom. The first-order chi connectivity index (χ1) is 9.60. The summed E-state index contributed by atoms with van der Waals surface area (Å²) < 4.78 is 5.40. The van der Waals surface area contributed by atoms with Gasteiger partial charge in [-0.25, -0.2) is 0 Å². The lowest BCUT2D eigenvalue weighted by molar-refractivity contribution is 0.0901. The highest BCUT2D eigenvalue weighted by molar-refractivity contribution is 5.97. The lowest BCUT2D eigenvalue weighted by Crippen LogP contribution is -2.37. The number of carbonyl (C=O) groups is 1. The second-order valence-electron chi connectivity index (χ2n) is 5.85. The molecule has 1 fully saturated rings. The van der Waals surface area contributed by atoms with E-state index in [1.54, 1.807) is 0 Å². The Labute approximate surface area is 121 Å². The van der Waals surface area contributed by atoms with Gasteiger partial charge in [-0.15, -0.1) is 0 Å². The molecule has 0 heterocycles. The molecule has 1 saturated carbocycles. The number of ketones is 1. The standard InChI is InChI=1S/C17H25NO2/c1-4-20-16-9-7-15(8-10-16)17(19)12-18(13(2)3)11-14-5-6-14/h7-10,13-14H,4-6,11-12H2,1-3H3. The lowest BCUT2D eigenvalue weighted by Gasteiger charge is -2.25. The SMILES string of the molecule is CCOc1ccc(C(=O)CN(CC2CC2)C(C)C)cc1. The zero-order valence-corrected chi connectivity index (χ0v) is 12.8. The molecule has 1 aromatic rings. The van der Waals surface area contributed by atoms with Crippen LogP contribution in [0.4, 0.5) is 0 Å². The van der Waals surface area contributed by atoms with Crippen LogP contribution in [0.5, 0.6) is 5.75 Å². The molecule has 0 spiro atoms. The van der Waals surface area contributed by atoms with E-state index in [1.807, 2.05) is 31.2 Å². The molecular formula is C17H25NO2. The fourth-order valence-corrected chi connectivity index (χ4v) is 2.27. The second kappa shape index (κ2) is 6.89. The van der Waals surface area contributed by atoms with Gasteiger partial charge in [-0.2, -0.15) is 0 Å². The van der Waals surface area contributed by atoms with Crippen molar-refractivity contribution in [3.63, 3.8) is 0 Å². The zero-order valence-electron chi connectivity index (χ0n) is 12.8. The van der Waals surface area contributed by atoms with E-state index in [2.05, 4.69) is 18.7 Å². The Kier molecular flexibility index (Phi) is 5.18. The van der Waals surface area contributed by atoms with Crippen molar-refractivity contribution >= 4 is 5.78 Å². The number of hydrogen-bond donors (Lipinski definition) is 0. The first-order valence-corrected chi connectivity index (χ1v) is 7.60. The minimum Gasteiger partial charge on any atom is -0.494 e. The predicted molar refractivity (Wildman–Crippen MR) is 81.4 cm³/mol. The van der Waals surface area contributed by atoms with Crippen LogP contribution in [0.25, 0.3) is 0 Å². The van der Waals surface area contributed by atoms with Crippen molar-refractivity contribution in [1.29, 1.82) is 0 Å². The Balaban J connectivity index is 1.94. The number of hydrogen-bond acceptors (Lipinski definition) is 3. The van der Waals surface area contributed by atoms with Gasteiger partial charge in [-0.3, -0.25) is 9.69 Å². The largest absolute Gasteiger partial charge is 0.494 e. The van der Waals surface area contributed by atoms with E-state index in [4.69, 9.17) is 4.74 Å². The average molecular weight is 275 g/mol. The fourth-order valence-electron chi connectivity index (χ4n) is 2.27. The molecular weight excluding hydrogens is 250 g/mol. The highest BCUT2D eigenvalue weighted by atomic mass is 16.5. The molecule has 3 nitrogen and oxygen atoms in total. The van der Waals surface area contributed by atoms with Crippen molar-refractivity contribution in [1.82, 2.24) is 4.90 Å². The molecule has 0 N–H and O–H groups in total. The monoisotopic (exact) mass is 275 g/mol. The molecule has 0 saturated heterocycles. The van der Waals surface area contributed by atoms with Gasteiger partial charge in [0, 0.05) is 18.2 Å². The highest BCUT2D eigenvalue weighted by Crippen LogP contribution is 2.30. The van der Waals surface area contributed by atoms with Gasteiger partial charge >= 0.3 is 0 Å². The molecule has 0 bridgehead atoms. The average Bonchev–Trinajstić information content (AvgIpc) is 3.23. The fraction of sp³-hybridized carbons (Fsp3) is 0.588. The summed E-state index contributed by atoms with van der Waals surface area (Å²) in [5, 5.41) is 0. The molecule has 0 aromatic heterocycles.